The summed E-state index contributed by atoms with van der Waals surface area (Å²) in [6, 6.07) is 10.6. The van der Waals surface area contributed by atoms with Crippen molar-refractivity contribution in [3.8, 4) is 11.5 Å². The number of phenols is 1. The van der Waals surface area contributed by atoms with E-state index in [-0.39, 0.29) is 12.4 Å². The molecule has 0 saturated carbocycles. The number of aliphatic hydroxyl groups excluding tert-OH is 1. The van der Waals surface area contributed by atoms with Gasteiger partial charge >= 0.3 is 0 Å². The van der Waals surface area contributed by atoms with Crippen LogP contribution in [0.15, 0.2) is 42.5 Å². The van der Waals surface area contributed by atoms with E-state index in [1.165, 1.54) is 18.2 Å². The lowest BCUT2D eigenvalue weighted by Crippen LogP contribution is -2.01. The Morgan fingerprint density at radius 3 is 2.68 bits per heavy atom. The van der Waals surface area contributed by atoms with Crippen LogP contribution >= 0.6 is 0 Å². The van der Waals surface area contributed by atoms with Gasteiger partial charge in [-0.15, -0.1) is 0 Å². The van der Waals surface area contributed by atoms with Crippen LogP contribution in [0.4, 0.5) is 4.39 Å². The largest absolute Gasteiger partial charge is 0.508 e. The van der Waals surface area contributed by atoms with Crippen molar-refractivity contribution in [2.24, 2.45) is 0 Å². The predicted octanol–water partition coefficient (Wildman–Crippen LogP) is 3.16. The van der Waals surface area contributed by atoms with Crippen LogP contribution in [0.2, 0.25) is 0 Å². The molecule has 100 valence electrons. The molecule has 0 aliphatic rings. The predicted molar refractivity (Wildman–Crippen MR) is 69.5 cm³/mol. The van der Waals surface area contributed by atoms with E-state index in [0.717, 1.165) is 5.56 Å². The average molecular weight is 262 g/mol. The summed E-state index contributed by atoms with van der Waals surface area (Å²) in [6.45, 7) is 1.78. The molecule has 4 heteroatoms. The van der Waals surface area contributed by atoms with E-state index in [2.05, 4.69) is 0 Å². The number of phenolic OH excluding ortho intramolecular Hbond substituents is 1. The van der Waals surface area contributed by atoms with Crippen LogP contribution in [-0.2, 0) is 6.61 Å². The van der Waals surface area contributed by atoms with Gasteiger partial charge in [0.05, 0.1) is 6.10 Å². The Morgan fingerprint density at radius 2 is 2.00 bits per heavy atom. The lowest BCUT2D eigenvalue weighted by molar-refractivity contribution is 0.189. The molecule has 0 heterocycles. The first-order valence-electron chi connectivity index (χ1n) is 5.94. The number of benzene rings is 2. The molecule has 0 amide bonds. The van der Waals surface area contributed by atoms with Crippen molar-refractivity contribution in [3.05, 3.63) is 59.4 Å². The Labute approximate surface area is 110 Å². The fourth-order valence-electron chi connectivity index (χ4n) is 1.79. The normalized spacial score (nSPS) is 12.2. The molecule has 1 unspecified atom stereocenters. The Hall–Kier alpha value is -2.07. The zero-order valence-corrected chi connectivity index (χ0v) is 10.5. The summed E-state index contributed by atoms with van der Waals surface area (Å²) in [5.74, 6) is 0.0322. The molecule has 3 nitrogen and oxygen atoms in total. The highest BCUT2D eigenvalue weighted by Gasteiger charge is 2.10. The number of ether oxygens (including phenoxy) is 1. The van der Waals surface area contributed by atoms with E-state index in [9.17, 15) is 14.6 Å². The number of aromatic hydroxyl groups is 1. The highest BCUT2D eigenvalue weighted by molar-refractivity contribution is 5.36. The molecular weight excluding hydrogens is 247 g/mol. The Morgan fingerprint density at radius 1 is 1.21 bits per heavy atom. The van der Waals surface area contributed by atoms with Gasteiger partial charge in [-0.1, -0.05) is 12.1 Å². The Kier molecular flexibility index (Phi) is 4.02. The second kappa shape index (κ2) is 5.71. The first-order valence-corrected chi connectivity index (χ1v) is 5.94. The molecule has 0 radical (unpaired) electrons. The summed E-state index contributed by atoms with van der Waals surface area (Å²) in [5, 5.41) is 18.9. The van der Waals surface area contributed by atoms with Crippen LogP contribution in [0, 0.1) is 5.82 Å². The molecule has 19 heavy (non-hydrogen) atoms. The molecular formula is C15H15FO3. The van der Waals surface area contributed by atoms with E-state index in [1.807, 2.05) is 0 Å². The maximum Gasteiger partial charge on any atom is 0.128 e. The van der Waals surface area contributed by atoms with Gasteiger partial charge in [0.15, 0.2) is 0 Å². The fraction of sp³-hybridized carbons (Fsp3) is 0.200. The van der Waals surface area contributed by atoms with Gasteiger partial charge in [-0.25, -0.2) is 4.39 Å². The highest BCUT2D eigenvalue weighted by Crippen LogP contribution is 2.27. The molecule has 0 bridgehead atoms. The second-order valence-electron chi connectivity index (χ2n) is 4.32. The van der Waals surface area contributed by atoms with Crippen molar-refractivity contribution in [2.45, 2.75) is 19.6 Å². The van der Waals surface area contributed by atoms with Crippen LogP contribution in [0.5, 0.6) is 11.5 Å². The third-order valence-electron chi connectivity index (χ3n) is 2.73. The van der Waals surface area contributed by atoms with Gasteiger partial charge in [-0.3, -0.25) is 0 Å². The molecule has 2 aromatic rings. The summed E-state index contributed by atoms with van der Waals surface area (Å²) < 4.78 is 18.7. The zero-order chi connectivity index (χ0) is 13.8. The van der Waals surface area contributed by atoms with Crippen LogP contribution < -0.4 is 4.74 Å². The lowest BCUT2D eigenvalue weighted by atomic mass is 10.1. The summed E-state index contributed by atoms with van der Waals surface area (Å²) >= 11 is 0. The van der Waals surface area contributed by atoms with Crippen LogP contribution in [0.1, 0.15) is 24.2 Å². The maximum absolute atomic E-state index is 13.2. The molecule has 0 fully saturated rings. The first-order chi connectivity index (χ1) is 9.06. The highest BCUT2D eigenvalue weighted by atomic mass is 19.1. The van der Waals surface area contributed by atoms with Gasteiger partial charge < -0.3 is 14.9 Å². The number of rotatable bonds is 4. The Bertz CT molecular complexity index is 567. The number of hydrogen-bond donors (Lipinski definition) is 2. The smallest absolute Gasteiger partial charge is 0.128 e. The second-order valence-corrected chi connectivity index (χ2v) is 4.32. The van der Waals surface area contributed by atoms with Gasteiger partial charge in [0.2, 0.25) is 0 Å². The standard InChI is InChI=1S/C15H15FO3/c1-10(17)14-6-5-12(16)8-15(14)19-9-11-3-2-4-13(18)7-11/h2-8,10,17-18H,9H2,1H3. The topological polar surface area (TPSA) is 49.7 Å². The van der Waals surface area contributed by atoms with Gasteiger partial charge in [0.25, 0.3) is 0 Å². The van der Waals surface area contributed by atoms with Gasteiger partial charge in [-0.05, 0) is 36.8 Å². The number of aliphatic hydroxyl groups is 1. The molecule has 2 aromatic carbocycles. The minimum Gasteiger partial charge on any atom is -0.508 e. The van der Waals surface area contributed by atoms with Crippen molar-refractivity contribution in [1.82, 2.24) is 0 Å². The summed E-state index contributed by atoms with van der Waals surface area (Å²) in [7, 11) is 0. The van der Waals surface area contributed by atoms with E-state index in [4.69, 9.17) is 4.74 Å². The monoisotopic (exact) mass is 262 g/mol. The minimum atomic E-state index is -0.736. The Balaban J connectivity index is 2.17. The van der Waals surface area contributed by atoms with E-state index < -0.39 is 11.9 Å². The number of halogens is 1. The van der Waals surface area contributed by atoms with Gasteiger partial charge in [-0.2, -0.15) is 0 Å². The minimum absolute atomic E-state index is 0.149. The lowest BCUT2D eigenvalue weighted by Gasteiger charge is -2.13. The van der Waals surface area contributed by atoms with Crippen LogP contribution in [0.25, 0.3) is 0 Å². The summed E-state index contributed by atoms with van der Waals surface area (Å²) in [4.78, 5) is 0. The van der Waals surface area contributed by atoms with Crippen molar-refractivity contribution in [1.29, 1.82) is 0 Å². The summed E-state index contributed by atoms with van der Waals surface area (Å²) in [5.41, 5.74) is 1.29. The first kappa shape index (κ1) is 13.4. The zero-order valence-electron chi connectivity index (χ0n) is 10.5. The molecule has 2 N–H and O–H groups in total. The molecule has 0 spiro atoms. The molecule has 2 rings (SSSR count). The fourth-order valence-corrected chi connectivity index (χ4v) is 1.79. The molecule has 0 aromatic heterocycles. The van der Waals surface area contributed by atoms with E-state index >= 15 is 0 Å². The van der Waals surface area contributed by atoms with Crippen molar-refractivity contribution >= 4 is 0 Å². The van der Waals surface area contributed by atoms with E-state index in [1.54, 1.807) is 31.2 Å². The molecule has 1 atom stereocenters. The third-order valence-corrected chi connectivity index (χ3v) is 2.73. The van der Waals surface area contributed by atoms with Gasteiger partial charge in [0, 0.05) is 11.6 Å². The van der Waals surface area contributed by atoms with Crippen LogP contribution in [0.3, 0.4) is 0 Å². The van der Waals surface area contributed by atoms with Crippen molar-refractivity contribution in [3.63, 3.8) is 0 Å². The SMILES string of the molecule is CC(O)c1ccc(F)cc1OCc1cccc(O)c1. The molecule has 0 aliphatic carbocycles. The van der Waals surface area contributed by atoms with Crippen molar-refractivity contribution in [2.75, 3.05) is 0 Å². The third kappa shape index (κ3) is 3.45. The summed E-state index contributed by atoms with van der Waals surface area (Å²) in [6.07, 6.45) is -0.736. The quantitative estimate of drug-likeness (QED) is 0.889. The molecule has 0 aliphatic heterocycles. The van der Waals surface area contributed by atoms with Crippen molar-refractivity contribution < 1.29 is 19.3 Å². The van der Waals surface area contributed by atoms with E-state index in [0.29, 0.717) is 11.3 Å². The van der Waals surface area contributed by atoms with Gasteiger partial charge in [0.1, 0.15) is 23.9 Å². The van der Waals surface area contributed by atoms with Crippen LogP contribution in [-0.4, -0.2) is 10.2 Å². The maximum atomic E-state index is 13.2. The number of hydrogen-bond acceptors (Lipinski definition) is 3. The molecule has 0 saturated heterocycles. The average Bonchev–Trinajstić information content (AvgIpc) is 2.36.